The zero-order valence-corrected chi connectivity index (χ0v) is 31.8. The van der Waals surface area contributed by atoms with Crippen LogP contribution in [0.25, 0.3) is 17.2 Å². The molecule has 0 heterocycles. The summed E-state index contributed by atoms with van der Waals surface area (Å²) in [6.07, 6.45) is 17.9. The normalized spacial score (nSPS) is 24.2. The number of rotatable bonds is 6. The Labute approximate surface area is 231 Å². The average Bonchev–Trinajstić information content (AvgIpc) is 3.48. The first-order valence-corrected chi connectivity index (χ1v) is 49.2. The molecule has 0 aromatic heterocycles. The molecule has 2 aromatic carbocycles. The van der Waals surface area contributed by atoms with E-state index >= 15 is 0 Å². The van der Waals surface area contributed by atoms with E-state index in [0.29, 0.717) is 7.35 Å². The third-order valence-electron chi connectivity index (χ3n) is 10.1. The molecule has 0 aliphatic heterocycles. The van der Waals surface area contributed by atoms with Gasteiger partial charge in [0.15, 0.2) is 0 Å². The van der Waals surface area contributed by atoms with Crippen LogP contribution in [0.15, 0.2) is 65.8 Å². The number of hydrogen-bond donors (Lipinski definition) is 0. The van der Waals surface area contributed by atoms with Gasteiger partial charge in [0.2, 0.25) is 0 Å². The van der Waals surface area contributed by atoms with Gasteiger partial charge in [-0.05, 0) is 0 Å². The minimum Gasteiger partial charge on any atom is -1.00 e. The van der Waals surface area contributed by atoms with E-state index in [2.05, 4.69) is 107 Å². The molecule has 3 aliphatic carbocycles. The first kappa shape index (κ1) is 31.1. The molecule has 0 radical (unpaired) electrons. The molecule has 3 aliphatic rings. The molecule has 0 N–H and O–H groups in total. The maximum Gasteiger partial charge on any atom is -1.00 e. The van der Waals surface area contributed by atoms with Crippen molar-refractivity contribution in [3.05, 3.63) is 88.0 Å². The second-order valence-corrected chi connectivity index (χ2v) is 166. The second-order valence-electron chi connectivity index (χ2n) is 18.0. The maximum atomic E-state index is 2.79. The molecule has 208 valence electrons. The molecule has 0 spiro atoms. The number of halogens is 2. The van der Waals surface area contributed by atoms with Crippen LogP contribution in [0.2, 0.25) is 22.4 Å². The van der Waals surface area contributed by atoms with Gasteiger partial charge in [0.05, 0.1) is 0 Å². The van der Waals surface area contributed by atoms with Crippen molar-refractivity contribution >= 4 is 20.0 Å². The topological polar surface area (TPSA) is 0 Å². The number of allylic oxidation sites excluding steroid dienone is 5. The largest absolute Gasteiger partial charge is 1.00 e. The van der Waals surface area contributed by atoms with Crippen LogP contribution in [-0.4, -0.2) is 13.9 Å². The molecule has 5 rings (SSSR count). The Hall–Kier alpha value is -0.456. The van der Waals surface area contributed by atoms with Crippen LogP contribution in [-0.2, 0) is 24.2 Å². The van der Waals surface area contributed by atoms with Gasteiger partial charge in [-0.3, -0.25) is 0 Å². The van der Waals surface area contributed by atoms with E-state index in [4.69, 9.17) is 0 Å². The number of aryl methyl sites for hydroxylation is 1. The summed E-state index contributed by atoms with van der Waals surface area (Å²) >= 11 is -5.03. The predicted octanol–water partition coefficient (Wildman–Crippen LogP) is 2.37. The smallest absolute Gasteiger partial charge is 1.00 e. The summed E-state index contributed by atoms with van der Waals surface area (Å²) in [5.41, 5.74) is 12.4. The van der Waals surface area contributed by atoms with Crippen LogP contribution in [0.1, 0.15) is 65.5 Å². The third-order valence-corrected chi connectivity index (χ3v) is 55.4. The van der Waals surface area contributed by atoms with Crippen molar-refractivity contribution in [2.75, 3.05) is 0 Å². The van der Waals surface area contributed by atoms with Crippen molar-refractivity contribution < 1.29 is 36.2 Å². The summed E-state index contributed by atoms with van der Waals surface area (Å²) < 4.78 is 12.1. The Bertz CT molecular complexity index is 1620. The summed E-state index contributed by atoms with van der Waals surface area (Å²) in [5, 5.41) is 0. The Morgan fingerprint density at radius 3 is 2.30 bits per heavy atom. The Balaban J connectivity index is 0.00000190. The van der Waals surface area contributed by atoms with Gasteiger partial charge in [-0.15, -0.1) is 0 Å². The monoisotopic (exact) mass is 736 g/mol. The Kier molecular flexibility index (Phi) is 6.59. The molecule has 0 saturated heterocycles. The molecule has 0 saturated carbocycles. The average molecular weight is 736 g/mol. The fraction of sp³-hybridized carbons (Fsp3) is 0.438. The van der Waals surface area contributed by atoms with Gasteiger partial charge in [-0.25, -0.2) is 0 Å². The molecule has 5 heteroatoms. The molecule has 0 amide bonds. The van der Waals surface area contributed by atoms with Crippen molar-refractivity contribution in [2.24, 2.45) is 0 Å². The summed E-state index contributed by atoms with van der Waals surface area (Å²) in [5.74, 6) is 0. The summed E-state index contributed by atoms with van der Waals surface area (Å²) in [6.45, 7) is 9.67. The van der Waals surface area contributed by atoms with Crippen LogP contribution in [0.3, 0.4) is 0 Å². The molecule has 37 heavy (non-hydrogen) atoms. The van der Waals surface area contributed by atoms with Crippen molar-refractivity contribution in [3.8, 4) is 11.1 Å². The summed E-state index contributed by atoms with van der Waals surface area (Å²) in [4.78, 5) is 0. The summed E-state index contributed by atoms with van der Waals surface area (Å²) in [6, 6.07) is 13.9. The van der Waals surface area contributed by atoms with Gasteiger partial charge < -0.3 is 24.8 Å². The predicted molar refractivity (Wildman–Crippen MR) is 161 cm³/mol. The van der Waals surface area contributed by atoms with Crippen LogP contribution in [0.5, 0.6) is 0 Å². The molecule has 0 bridgehead atoms. The van der Waals surface area contributed by atoms with Crippen LogP contribution in [0, 0.1) is 0 Å². The van der Waals surface area contributed by atoms with Crippen LogP contribution in [0.4, 0.5) is 0 Å². The van der Waals surface area contributed by atoms with E-state index in [9.17, 15) is 0 Å². The van der Waals surface area contributed by atoms with Gasteiger partial charge in [0.1, 0.15) is 0 Å². The minimum atomic E-state index is -5.03. The Morgan fingerprint density at radius 1 is 0.973 bits per heavy atom. The minimum absolute atomic E-state index is 0. The van der Waals surface area contributed by atoms with E-state index in [-0.39, 0.29) is 24.8 Å². The van der Waals surface area contributed by atoms with Crippen molar-refractivity contribution in [2.45, 2.75) is 78.4 Å². The fourth-order valence-corrected chi connectivity index (χ4v) is 49.3. The first-order valence-electron chi connectivity index (χ1n) is 14.0. The molecular weight excluding hydrogens is 690 g/mol. The SMILES string of the molecule is CCCCC1=C[CH]([Hf-6]([CH3])([CH3])([CH3])([CH3])(=[SiH2])(=[SiH2])[CH]2C(C)=Cc3c2cc2c(c3-c3ccccc3)CCC2)C=C1.[Cl-].[Cl-]. The molecule has 2 atom stereocenters. The zero-order chi connectivity index (χ0) is 25.4. The van der Waals surface area contributed by atoms with E-state index < -0.39 is 11.3 Å². The van der Waals surface area contributed by atoms with Crippen molar-refractivity contribution in [1.29, 1.82) is 0 Å². The van der Waals surface area contributed by atoms with E-state index in [1.54, 1.807) is 27.8 Å². The van der Waals surface area contributed by atoms with Gasteiger partial charge in [-0.2, -0.15) is 0 Å². The molecule has 2 aromatic rings. The molecule has 0 fully saturated rings. The van der Waals surface area contributed by atoms with Gasteiger partial charge in [0.25, 0.3) is 0 Å². The third kappa shape index (κ3) is 4.88. The summed E-state index contributed by atoms with van der Waals surface area (Å²) in [7, 11) is 0. The standard InChI is InChI=1S/C19H17.C9H13.4CH3.2ClH.Hf.2H2Si/c1-13-10-16-12-15-8-5-9-17(15)19(18(16)11-13)14-6-3-2-4-7-14;1-2-3-6-9-7-4-5-8-9;;;;;;;;;/h2-4,6-7,10-12H,5,8-9H2,1H3;4-5,7-8H,2-3,6H2,1H3;4*1H3;2*1H;;2*1H2/q;;;;;;;;-6;;/p-2. The van der Waals surface area contributed by atoms with Crippen LogP contribution < -0.4 is 24.8 Å². The first-order chi connectivity index (χ1) is 16.0. The van der Waals surface area contributed by atoms with Gasteiger partial charge >= 0.3 is 209 Å². The number of hydrogen-bond acceptors (Lipinski definition) is 0. The van der Waals surface area contributed by atoms with E-state index in [1.807, 2.05) is 0 Å². The number of benzene rings is 2. The Morgan fingerprint density at radius 2 is 1.65 bits per heavy atom. The van der Waals surface area contributed by atoms with Gasteiger partial charge in [-0.1, -0.05) is 0 Å². The van der Waals surface area contributed by atoms with Gasteiger partial charge in [0, 0.05) is 0 Å². The molecule has 0 nitrogen and oxygen atoms in total. The van der Waals surface area contributed by atoms with E-state index in [1.165, 1.54) is 55.2 Å². The number of unbranched alkanes of at least 4 members (excludes halogenated alkanes) is 1. The quantitative estimate of drug-likeness (QED) is 0.401. The fourth-order valence-electron chi connectivity index (χ4n) is 8.35. The number of fused-ring (bicyclic) bond motifs is 2. The van der Waals surface area contributed by atoms with Crippen molar-refractivity contribution in [3.63, 3.8) is 0 Å². The van der Waals surface area contributed by atoms with Crippen LogP contribution >= 0.6 is 0 Å². The molecule has 2 unspecified atom stereocenters. The maximum absolute atomic E-state index is 5.03. The van der Waals surface area contributed by atoms with Crippen molar-refractivity contribution in [1.82, 2.24) is 0 Å². The molecular formula is C32H46Cl2HfSi2-8. The zero-order valence-electron chi connectivity index (χ0n) is 23.8. The van der Waals surface area contributed by atoms with E-state index in [0.717, 1.165) is 0 Å². The second kappa shape index (κ2) is 7.84.